The first-order chi connectivity index (χ1) is 18.9. The van der Waals surface area contributed by atoms with Crippen LogP contribution in [0.3, 0.4) is 0 Å². The van der Waals surface area contributed by atoms with Gasteiger partial charge in [-0.05, 0) is 54.1 Å². The second kappa shape index (κ2) is 10.9. The number of carbonyl (C=O) groups excluding carboxylic acids is 2. The van der Waals surface area contributed by atoms with Gasteiger partial charge < -0.3 is 28.6 Å². The third kappa shape index (κ3) is 5.18. The van der Waals surface area contributed by atoms with Crippen molar-refractivity contribution in [3.63, 3.8) is 0 Å². The monoisotopic (exact) mass is 531 g/mol. The van der Waals surface area contributed by atoms with Gasteiger partial charge in [-0.15, -0.1) is 0 Å². The van der Waals surface area contributed by atoms with Gasteiger partial charge >= 0.3 is 0 Å². The van der Waals surface area contributed by atoms with Crippen molar-refractivity contribution in [1.29, 1.82) is 0 Å². The topological polar surface area (TPSA) is 99.1 Å². The van der Waals surface area contributed by atoms with Crippen molar-refractivity contribution in [2.24, 2.45) is 5.10 Å². The minimum absolute atomic E-state index is 0.148. The van der Waals surface area contributed by atoms with Crippen molar-refractivity contribution in [2.75, 3.05) is 41.7 Å². The first-order valence-electron chi connectivity index (χ1n) is 12.3. The predicted molar refractivity (Wildman–Crippen MR) is 143 cm³/mol. The van der Waals surface area contributed by atoms with E-state index >= 15 is 0 Å². The van der Waals surface area contributed by atoms with Gasteiger partial charge in [0.25, 0.3) is 11.8 Å². The number of rotatable bonds is 8. The maximum Gasteiger partial charge on any atom is 0.262 e. The summed E-state index contributed by atoms with van der Waals surface area (Å²) in [4.78, 5) is 28.0. The lowest BCUT2D eigenvalue weighted by Gasteiger charge is -2.25. The van der Waals surface area contributed by atoms with E-state index in [4.69, 9.17) is 28.8 Å². The Morgan fingerprint density at radius 1 is 0.923 bits per heavy atom. The fourth-order valence-electron chi connectivity index (χ4n) is 4.62. The fraction of sp³-hybridized carbons (Fsp3) is 0.276. The molecule has 10 heteroatoms. The lowest BCUT2D eigenvalue weighted by atomic mass is 9.97. The van der Waals surface area contributed by atoms with Gasteiger partial charge in [-0.3, -0.25) is 9.59 Å². The van der Waals surface area contributed by atoms with Crippen LogP contribution in [0.15, 0.2) is 65.8 Å². The summed E-state index contributed by atoms with van der Waals surface area (Å²) < 4.78 is 27.1. The first kappa shape index (κ1) is 25.9. The lowest BCUT2D eigenvalue weighted by molar-refractivity contribution is -0.133. The molecule has 0 aromatic heterocycles. The van der Waals surface area contributed by atoms with Crippen LogP contribution >= 0.6 is 0 Å². The molecule has 2 amide bonds. The fourth-order valence-corrected chi connectivity index (χ4v) is 4.62. The summed E-state index contributed by atoms with van der Waals surface area (Å²) in [5.74, 6) is 2.52. The number of nitrogens with zero attached hydrogens (tertiary/aromatic N) is 3. The summed E-state index contributed by atoms with van der Waals surface area (Å²) in [7, 11) is 6.31. The van der Waals surface area contributed by atoms with E-state index in [2.05, 4.69) is 0 Å². The minimum Gasteiger partial charge on any atom is -0.497 e. The van der Waals surface area contributed by atoms with Crippen molar-refractivity contribution in [3.05, 3.63) is 77.4 Å². The van der Waals surface area contributed by atoms with Crippen LogP contribution in [0.1, 0.15) is 33.9 Å². The molecule has 3 aromatic carbocycles. The van der Waals surface area contributed by atoms with E-state index in [0.29, 0.717) is 46.4 Å². The molecule has 0 spiro atoms. The molecular formula is C29H29N3O7. The summed E-state index contributed by atoms with van der Waals surface area (Å²) in [6.07, 6.45) is 0.435. The van der Waals surface area contributed by atoms with Crippen molar-refractivity contribution >= 4 is 17.5 Å². The Morgan fingerprint density at radius 3 is 2.36 bits per heavy atom. The zero-order chi connectivity index (χ0) is 27.5. The molecule has 0 N–H and O–H groups in total. The van der Waals surface area contributed by atoms with Crippen molar-refractivity contribution < 1.29 is 33.3 Å². The Hall–Kier alpha value is -4.73. The number of hydrazone groups is 1. The molecule has 0 radical (unpaired) electrons. The van der Waals surface area contributed by atoms with Gasteiger partial charge in [0.2, 0.25) is 6.79 Å². The Morgan fingerprint density at radius 2 is 1.64 bits per heavy atom. The zero-order valence-electron chi connectivity index (χ0n) is 22.2. The molecule has 1 unspecified atom stereocenters. The SMILES string of the molecule is COc1ccc(C(=O)N(C)CC(=O)N2N=C(c3ccc(OC)cc3OC)CC2c2ccc3c(c2)OCO3)cc1. The Labute approximate surface area is 226 Å². The number of benzene rings is 3. The van der Waals surface area contributed by atoms with E-state index < -0.39 is 6.04 Å². The zero-order valence-corrected chi connectivity index (χ0v) is 22.2. The van der Waals surface area contributed by atoms with Crippen molar-refractivity contribution in [2.45, 2.75) is 12.5 Å². The number of fused-ring (bicyclic) bond motifs is 1. The molecule has 5 rings (SSSR count). The highest BCUT2D eigenvalue weighted by Crippen LogP contribution is 2.40. The van der Waals surface area contributed by atoms with Crippen LogP contribution in [0.25, 0.3) is 0 Å². The van der Waals surface area contributed by atoms with Gasteiger partial charge in [-0.2, -0.15) is 5.10 Å². The van der Waals surface area contributed by atoms with E-state index in [1.807, 2.05) is 30.3 Å². The molecule has 3 aromatic rings. The summed E-state index contributed by atoms with van der Waals surface area (Å²) in [6.45, 7) is -0.0163. The standard InChI is InChI=1S/C29H29N3O7/c1-31(29(34)18-5-8-20(35-2)9-6-18)16-28(33)32-24(19-7-12-25-27(13-19)39-17-38-25)15-23(30-32)22-11-10-21(36-3)14-26(22)37-4/h5-14,24H,15-17H2,1-4H3. The summed E-state index contributed by atoms with van der Waals surface area (Å²) in [5, 5.41) is 6.17. The largest absolute Gasteiger partial charge is 0.497 e. The average molecular weight is 532 g/mol. The predicted octanol–water partition coefficient (Wildman–Crippen LogP) is 3.89. The molecule has 0 aliphatic carbocycles. The molecule has 39 heavy (non-hydrogen) atoms. The van der Waals surface area contributed by atoms with Crippen molar-refractivity contribution in [3.8, 4) is 28.7 Å². The van der Waals surface area contributed by atoms with Gasteiger partial charge in [-0.1, -0.05) is 6.07 Å². The number of ether oxygens (including phenoxy) is 5. The van der Waals surface area contributed by atoms with Crippen LogP contribution in [0.4, 0.5) is 0 Å². The minimum atomic E-state index is -0.418. The summed E-state index contributed by atoms with van der Waals surface area (Å²) in [5.41, 5.74) is 2.71. The van der Waals surface area contributed by atoms with Crippen molar-refractivity contribution in [1.82, 2.24) is 9.91 Å². The van der Waals surface area contributed by atoms with Gasteiger partial charge in [0, 0.05) is 30.7 Å². The van der Waals surface area contributed by atoms with Gasteiger partial charge in [0.1, 0.15) is 23.8 Å². The molecule has 0 bridgehead atoms. The van der Waals surface area contributed by atoms with Crippen LogP contribution in [-0.2, 0) is 4.79 Å². The van der Waals surface area contributed by atoms with Crippen LogP contribution in [0.5, 0.6) is 28.7 Å². The van der Waals surface area contributed by atoms with Gasteiger partial charge in [0.05, 0.1) is 33.1 Å². The van der Waals surface area contributed by atoms with Gasteiger partial charge in [0.15, 0.2) is 11.5 Å². The number of likely N-dealkylation sites (N-methyl/N-ethyl adjacent to an activating group) is 1. The number of carbonyl (C=O) groups is 2. The Bertz CT molecular complexity index is 1420. The maximum absolute atomic E-state index is 13.6. The molecule has 10 nitrogen and oxygen atoms in total. The molecule has 2 aliphatic heterocycles. The average Bonchev–Trinajstić information content (AvgIpc) is 3.63. The second-order valence-corrected chi connectivity index (χ2v) is 9.07. The smallest absolute Gasteiger partial charge is 0.262 e. The summed E-state index contributed by atoms with van der Waals surface area (Å²) >= 11 is 0. The number of methoxy groups -OCH3 is 3. The highest BCUT2D eigenvalue weighted by molar-refractivity contribution is 6.05. The Balaban J connectivity index is 1.43. The molecular weight excluding hydrogens is 502 g/mol. The van der Waals surface area contributed by atoms with Crippen LogP contribution < -0.4 is 23.7 Å². The first-order valence-corrected chi connectivity index (χ1v) is 12.3. The highest BCUT2D eigenvalue weighted by Gasteiger charge is 2.35. The van der Waals surface area contributed by atoms with Crippen LogP contribution in [0, 0.1) is 0 Å². The maximum atomic E-state index is 13.6. The van der Waals surface area contributed by atoms with E-state index in [1.54, 1.807) is 58.7 Å². The Kier molecular flexibility index (Phi) is 7.27. The van der Waals surface area contributed by atoms with E-state index in [0.717, 1.165) is 11.1 Å². The molecule has 0 saturated carbocycles. The normalized spacial score (nSPS) is 15.5. The summed E-state index contributed by atoms with van der Waals surface area (Å²) in [6, 6.07) is 17.4. The molecule has 0 saturated heterocycles. The molecule has 2 heterocycles. The number of amides is 2. The molecule has 0 fully saturated rings. The number of hydrogen-bond donors (Lipinski definition) is 0. The second-order valence-electron chi connectivity index (χ2n) is 9.07. The quantitative estimate of drug-likeness (QED) is 0.435. The van der Waals surface area contributed by atoms with E-state index in [9.17, 15) is 9.59 Å². The number of hydrogen-bond acceptors (Lipinski definition) is 8. The third-order valence-electron chi connectivity index (χ3n) is 6.72. The van der Waals surface area contributed by atoms with E-state index in [-0.39, 0.29) is 25.2 Å². The lowest BCUT2D eigenvalue weighted by Crippen LogP contribution is -2.39. The molecule has 1 atom stereocenters. The molecule has 202 valence electrons. The molecule has 2 aliphatic rings. The van der Waals surface area contributed by atoms with Gasteiger partial charge in [-0.25, -0.2) is 5.01 Å². The van der Waals surface area contributed by atoms with Crippen LogP contribution in [0.2, 0.25) is 0 Å². The highest BCUT2D eigenvalue weighted by atomic mass is 16.7. The van der Waals surface area contributed by atoms with E-state index in [1.165, 1.54) is 9.91 Å². The third-order valence-corrected chi connectivity index (χ3v) is 6.72. The van der Waals surface area contributed by atoms with Crippen LogP contribution in [-0.4, -0.2) is 69.1 Å².